The molecular formula is C15H21BrN4. The predicted molar refractivity (Wildman–Crippen MR) is 85.1 cm³/mol. The van der Waals surface area contributed by atoms with Gasteiger partial charge < -0.3 is 5.32 Å². The summed E-state index contributed by atoms with van der Waals surface area (Å²) in [5.74, 6) is 1.25. The van der Waals surface area contributed by atoms with E-state index in [-0.39, 0.29) is 0 Å². The zero-order valence-corrected chi connectivity index (χ0v) is 14.0. The lowest BCUT2D eigenvalue weighted by Crippen LogP contribution is -2.22. The van der Waals surface area contributed by atoms with Crippen LogP contribution in [0.5, 0.6) is 0 Å². The summed E-state index contributed by atoms with van der Waals surface area (Å²) in [5.41, 5.74) is 2.45. The number of halogens is 1. The van der Waals surface area contributed by atoms with Crippen LogP contribution in [-0.2, 0) is 6.54 Å². The third-order valence-corrected chi connectivity index (χ3v) is 3.53. The van der Waals surface area contributed by atoms with Crippen LogP contribution < -0.4 is 5.32 Å². The first-order chi connectivity index (χ1) is 9.49. The van der Waals surface area contributed by atoms with E-state index >= 15 is 0 Å². The first-order valence-electron chi connectivity index (χ1n) is 6.91. The Balaban J connectivity index is 2.36. The Hall–Kier alpha value is -1.20. The molecule has 20 heavy (non-hydrogen) atoms. The van der Waals surface area contributed by atoms with Crippen molar-refractivity contribution in [1.82, 2.24) is 20.1 Å². The fourth-order valence-corrected chi connectivity index (χ4v) is 2.37. The second kappa shape index (κ2) is 6.50. The van der Waals surface area contributed by atoms with Gasteiger partial charge in [0.1, 0.15) is 0 Å². The van der Waals surface area contributed by atoms with E-state index in [0.29, 0.717) is 12.0 Å². The number of nitrogens with zero attached hydrogens (tertiary/aromatic N) is 3. The molecule has 0 saturated carbocycles. The van der Waals surface area contributed by atoms with Crippen LogP contribution >= 0.6 is 15.9 Å². The number of nitrogens with one attached hydrogen (secondary N) is 1. The molecule has 1 N–H and O–H groups in total. The van der Waals surface area contributed by atoms with Crippen molar-refractivity contribution in [2.24, 2.45) is 0 Å². The van der Waals surface area contributed by atoms with Crippen molar-refractivity contribution >= 4 is 15.9 Å². The van der Waals surface area contributed by atoms with Gasteiger partial charge in [0.25, 0.3) is 0 Å². The van der Waals surface area contributed by atoms with Crippen molar-refractivity contribution in [2.45, 2.75) is 46.2 Å². The number of rotatable bonds is 5. The largest absolute Gasteiger partial charge is 0.310 e. The predicted octanol–water partition coefficient (Wildman–Crippen LogP) is 3.65. The third kappa shape index (κ3) is 3.46. The zero-order valence-electron chi connectivity index (χ0n) is 12.4. The molecule has 2 aromatic rings. The van der Waals surface area contributed by atoms with Gasteiger partial charge in [-0.25, -0.2) is 9.67 Å². The zero-order chi connectivity index (χ0) is 14.7. The van der Waals surface area contributed by atoms with Crippen LogP contribution in [0.25, 0.3) is 5.82 Å². The molecule has 108 valence electrons. The van der Waals surface area contributed by atoms with Gasteiger partial charge in [-0.05, 0) is 34.0 Å². The number of hydrogen-bond acceptors (Lipinski definition) is 3. The van der Waals surface area contributed by atoms with E-state index in [4.69, 9.17) is 0 Å². The van der Waals surface area contributed by atoms with Crippen molar-refractivity contribution in [1.29, 1.82) is 0 Å². The summed E-state index contributed by atoms with van der Waals surface area (Å²) in [6.45, 7) is 9.50. The Kier molecular flexibility index (Phi) is 4.94. The smallest absolute Gasteiger partial charge is 0.153 e. The molecular weight excluding hydrogens is 316 g/mol. The van der Waals surface area contributed by atoms with Gasteiger partial charge in [0, 0.05) is 28.8 Å². The highest BCUT2D eigenvalue weighted by atomic mass is 79.9. The maximum absolute atomic E-state index is 4.51. The molecule has 2 aromatic heterocycles. The molecule has 2 rings (SSSR count). The van der Waals surface area contributed by atoms with Crippen molar-refractivity contribution in [3.63, 3.8) is 0 Å². The molecule has 0 fully saturated rings. The number of pyridine rings is 1. The quantitative estimate of drug-likeness (QED) is 0.906. The van der Waals surface area contributed by atoms with Gasteiger partial charge in [0.15, 0.2) is 5.82 Å². The molecule has 0 aliphatic rings. The van der Waals surface area contributed by atoms with Gasteiger partial charge in [-0.3, -0.25) is 0 Å². The van der Waals surface area contributed by atoms with Crippen LogP contribution in [0.2, 0.25) is 0 Å². The van der Waals surface area contributed by atoms with Crippen molar-refractivity contribution in [3.8, 4) is 5.82 Å². The molecule has 5 heteroatoms. The van der Waals surface area contributed by atoms with E-state index in [1.165, 1.54) is 11.3 Å². The van der Waals surface area contributed by atoms with Crippen LogP contribution in [0.3, 0.4) is 0 Å². The maximum atomic E-state index is 4.51. The van der Waals surface area contributed by atoms with Crippen molar-refractivity contribution < 1.29 is 0 Å². The molecule has 2 heterocycles. The standard InChI is InChI=1S/C15H21BrN4/c1-10(2)15-12(7-17-11(3)4)8-19-20(15)14-6-5-13(16)9-18-14/h5-6,8-11,17H,7H2,1-4H3. The van der Waals surface area contributed by atoms with E-state index in [1.807, 2.05) is 23.0 Å². The highest BCUT2D eigenvalue weighted by Crippen LogP contribution is 2.22. The van der Waals surface area contributed by atoms with Gasteiger partial charge in [0.05, 0.1) is 11.9 Å². The third-order valence-electron chi connectivity index (χ3n) is 3.06. The second-order valence-corrected chi connectivity index (χ2v) is 6.41. The van der Waals surface area contributed by atoms with Gasteiger partial charge in [-0.15, -0.1) is 0 Å². The monoisotopic (exact) mass is 336 g/mol. The lowest BCUT2D eigenvalue weighted by molar-refractivity contribution is 0.582. The van der Waals surface area contributed by atoms with Crippen LogP contribution in [0.4, 0.5) is 0 Å². The molecule has 0 radical (unpaired) electrons. The van der Waals surface area contributed by atoms with E-state index in [9.17, 15) is 0 Å². The summed E-state index contributed by atoms with van der Waals surface area (Å²) in [6.07, 6.45) is 3.74. The molecule has 0 unspecified atom stereocenters. The minimum absolute atomic E-state index is 0.395. The first-order valence-corrected chi connectivity index (χ1v) is 7.70. The Morgan fingerprint density at radius 1 is 1.20 bits per heavy atom. The fourth-order valence-electron chi connectivity index (χ4n) is 2.13. The van der Waals surface area contributed by atoms with Crippen LogP contribution in [0.15, 0.2) is 29.0 Å². The average molecular weight is 337 g/mol. The summed E-state index contributed by atoms with van der Waals surface area (Å²) in [4.78, 5) is 4.43. The number of hydrogen-bond donors (Lipinski definition) is 1. The molecule has 0 bridgehead atoms. The van der Waals surface area contributed by atoms with E-state index in [0.717, 1.165) is 16.8 Å². The molecule has 4 nitrogen and oxygen atoms in total. The molecule has 0 aliphatic carbocycles. The Morgan fingerprint density at radius 2 is 1.95 bits per heavy atom. The average Bonchev–Trinajstić information content (AvgIpc) is 2.81. The van der Waals surface area contributed by atoms with Crippen LogP contribution in [0.1, 0.15) is 44.9 Å². The summed E-state index contributed by atoms with van der Waals surface area (Å²) in [7, 11) is 0. The molecule has 0 saturated heterocycles. The maximum Gasteiger partial charge on any atom is 0.153 e. The SMILES string of the molecule is CC(C)NCc1cnn(-c2ccc(Br)cn2)c1C(C)C. The topological polar surface area (TPSA) is 42.7 Å². The van der Waals surface area contributed by atoms with Gasteiger partial charge in [-0.1, -0.05) is 27.7 Å². The summed E-state index contributed by atoms with van der Waals surface area (Å²) < 4.78 is 2.91. The second-order valence-electron chi connectivity index (χ2n) is 5.49. The lowest BCUT2D eigenvalue weighted by atomic mass is 10.1. The Morgan fingerprint density at radius 3 is 2.50 bits per heavy atom. The molecule has 0 spiro atoms. The minimum atomic E-state index is 0.395. The van der Waals surface area contributed by atoms with Crippen molar-refractivity contribution in [3.05, 3.63) is 40.3 Å². The minimum Gasteiger partial charge on any atom is -0.310 e. The van der Waals surface area contributed by atoms with E-state index < -0.39 is 0 Å². The summed E-state index contributed by atoms with van der Waals surface area (Å²) in [6, 6.07) is 4.42. The molecule has 0 atom stereocenters. The van der Waals surface area contributed by atoms with Gasteiger partial charge in [-0.2, -0.15) is 5.10 Å². The van der Waals surface area contributed by atoms with Crippen molar-refractivity contribution in [2.75, 3.05) is 0 Å². The van der Waals surface area contributed by atoms with Crippen LogP contribution in [0, 0.1) is 0 Å². The normalized spacial score (nSPS) is 11.6. The highest BCUT2D eigenvalue weighted by Gasteiger charge is 2.16. The summed E-state index contributed by atoms with van der Waals surface area (Å²) in [5, 5.41) is 7.96. The van der Waals surface area contributed by atoms with Gasteiger partial charge >= 0.3 is 0 Å². The lowest BCUT2D eigenvalue weighted by Gasteiger charge is -2.13. The number of aromatic nitrogens is 3. The molecule has 0 aromatic carbocycles. The molecule has 0 aliphatic heterocycles. The van der Waals surface area contributed by atoms with Crippen LogP contribution in [-0.4, -0.2) is 20.8 Å². The van der Waals surface area contributed by atoms with E-state index in [2.05, 4.69) is 59.0 Å². The molecule has 0 amide bonds. The highest BCUT2D eigenvalue weighted by molar-refractivity contribution is 9.10. The first kappa shape index (κ1) is 15.2. The Bertz CT molecular complexity index is 558. The Labute approximate surface area is 128 Å². The summed E-state index contributed by atoms with van der Waals surface area (Å²) >= 11 is 3.41. The van der Waals surface area contributed by atoms with Gasteiger partial charge in [0.2, 0.25) is 0 Å². The fraction of sp³-hybridized carbons (Fsp3) is 0.467. The van der Waals surface area contributed by atoms with E-state index in [1.54, 1.807) is 6.20 Å².